The molecule has 0 saturated carbocycles. The SMILES string of the molecule is CCCC1=NN2C(=N)/C(=C/c3ccc(O[C@@H](C)c4ccccc4)c(OC)c3)C(=O)N=C2S1. The highest BCUT2D eigenvalue weighted by molar-refractivity contribution is 8.26. The zero-order chi connectivity index (χ0) is 22.7. The number of carbonyl (C=O) groups is 1. The molecule has 0 bridgehead atoms. The minimum atomic E-state index is -0.446. The zero-order valence-electron chi connectivity index (χ0n) is 18.2. The average Bonchev–Trinajstić information content (AvgIpc) is 3.20. The highest BCUT2D eigenvalue weighted by atomic mass is 32.2. The van der Waals surface area contributed by atoms with E-state index in [1.165, 1.54) is 16.8 Å². The fraction of sp³-hybridized carbons (Fsp3) is 0.250. The number of hydrogen-bond donors (Lipinski definition) is 1. The molecule has 2 aromatic carbocycles. The fourth-order valence-corrected chi connectivity index (χ4v) is 4.35. The lowest BCUT2D eigenvalue weighted by Crippen LogP contribution is -2.35. The number of rotatable bonds is 7. The topological polar surface area (TPSA) is 87.3 Å². The highest BCUT2D eigenvalue weighted by Crippen LogP contribution is 2.34. The minimum Gasteiger partial charge on any atom is -0.493 e. The molecule has 0 unspecified atom stereocenters. The Morgan fingerprint density at radius 1 is 1.19 bits per heavy atom. The van der Waals surface area contributed by atoms with Crippen LogP contribution in [0.15, 0.2) is 64.2 Å². The Bertz CT molecular complexity index is 1140. The van der Waals surface area contributed by atoms with Gasteiger partial charge in [-0.25, -0.2) is 0 Å². The first-order chi connectivity index (χ1) is 15.5. The maximum Gasteiger partial charge on any atom is 0.283 e. The Hall–Kier alpha value is -3.39. The van der Waals surface area contributed by atoms with Gasteiger partial charge in [-0.2, -0.15) is 15.1 Å². The first-order valence-electron chi connectivity index (χ1n) is 10.4. The molecule has 2 aromatic rings. The molecule has 1 atom stereocenters. The summed E-state index contributed by atoms with van der Waals surface area (Å²) in [6, 6.07) is 15.3. The lowest BCUT2D eigenvalue weighted by molar-refractivity contribution is -0.114. The van der Waals surface area contributed by atoms with Crippen molar-refractivity contribution in [3.8, 4) is 11.5 Å². The Labute approximate surface area is 191 Å². The molecule has 0 saturated heterocycles. The first-order valence-corrected chi connectivity index (χ1v) is 11.2. The Morgan fingerprint density at radius 3 is 2.69 bits per heavy atom. The molecule has 32 heavy (non-hydrogen) atoms. The number of hydrazone groups is 1. The molecule has 2 aliphatic rings. The predicted molar refractivity (Wildman–Crippen MR) is 128 cm³/mol. The van der Waals surface area contributed by atoms with Gasteiger partial charge in [-0.3, -0.25) is 10.2 Å². The summed E-state index contributed by atoms with van der Waals surface area (Å²) in [4.78, 5) is 16.7. The van der Waals surface area contributed by atoms with Crippen molar-refractivity contribution >= 4 is 39.8 Å². The van der Waals surface area contributed by atoms with Crippen molar-refractivity contribution < 1.29 is 14.3 Å². The summed E-state index contributed by atoms with van der Waals surface area (Å²) in [7, 11) is 1.57. The maximum atomic E-state index is 12.6. The van der Waals surface area contributed by atoms with Gasteiger partial charge in [0.05, 0.1) is 12.7 Å². The van der Waals surface area contributed by atoms with E-state index in [0.29, 0.717) is 22.2 Å². The molecular formula is C24H24N4O3S. The molecule has 0 fully saturated rings. The molecule has 0 aliphatic carbocycles. The standard InChI is InChI=1S/C24H24N4O3S/c1-4-8-21-27-28-22(25)18(23(29)26-24(28)32-21)13-16-11-12-19(20(14-16)30-3)31-15(2)17-9-6-5-7-10-17/h5-7,9-15,25H,4,8H2,1-3H3/b18-13-,25-22?/t15-/m0/s1. The van der Waals surface area contributed by atoms with Crippen LogP contribution in [0.4, 0.5) is 0 Å². The fourth-order valence-electron chi connectivity index (χ4n) is 3.37. The largest absolute Gasteiger partial charge is 0.493 e. The Balaban J connectivity index is 1.58. The molecular weight excluding hydrogens is 424 g/mol. The molecule has 164 valence electrons. The number of benzene rings is 2. The molecule has 0 spiro atoms. The van der Waals surface area contributed by atoms with E-state index in [0.717, 1.165) is 23.4 Å². The molecule has 0 aromatic heterocycles. The smallest absolute Gasteiger partial charge is 0.283 e. The van der Waals surface area contributed by atoms with E-state index in [4.69, 9.17) is 14.9 Å². The van der Waals surface area contributed by atoms with Crippen LogP contribution in [0.1, 0.15) is 43.9 Å². The van der Waals surface area contributed by atoms with Crippen molar-refractivity contribution in [2.24, 2.45) is 10.1 Å². The van der Waals surface area contributed by atoms with Gasteiger partial charge in [0.15, 0.2) is 17.3 Å². The third kappa shape index (κ3) is 4.45. The van der Waals surface area contributed by atoms with Gasteiger partial charge in [0.25, 0.3) is 5.91 Å². The van der Waals surface area contributed by atoms with Crippen molar-refractivity contribution in [3.63, 3.8) is 0 Å². The Kier molecular flexibility index (Phi) is 6.41. The molecule has 4 rings (SSSR count). The van der Waals surface area contributed by atoms with E-state index in [9.17, 15) is 4.79 Å². The predicted octanol–water partition coefficient (Wildman–Crippen LogP) is 5.25. The zero-order valence-corrected chi connectivity index (χ0v) is 19.0. The highest BCUT2D eigenvalue weighted by Gasteiger charge is 2.35. The van der Waals surface area contributed by atoms with E-state index >= 15 is 0 Å². The van der Waals surface area contributed by atoms with Crippen LogP contribution in [0.2, 0.25) is 0 Å². The van der Waals surface area contributed by atoms with Gasteiger partial charge < -0.3 is 9.47 Å². The van der Waals surface area contributed by atoms with Gasteiger partial charge in [0, 0.05) is 0 Å². The van der Waals surface area contributed by atoms with Crippen molar-refractivity contribution in [1.82, 2.24) is 5.01 Å². The van der Waals surface area contributed by atoms with Crippen LogP contribution >= 0.6 is 11.8 Å². The average molecular weight is 449 g/mol. The van der Waals surface area contributed by atoms with Crippen LogP contribution in [0, 0.1) is 5.41 Å². The summed E-state index contributed by atoms with van der Waals surface area (Å²) in [5, 5.41) is 15.7. The van der Waals surface area contributed by atoms with Crippen LogP contribution in [-0.2, 0) is 4.79 Å². The summed E-state index contributed by atoms with van der Waals surface area (Å²) in [6.45, 7) is 4.04. The maximum absolute atomic E-state index is 12.6. The number of nitrogens with zero attached hydrogens (tertiary/aromatic N) is 3. The third-order valence-corrected chi connectivity index (χ3v) is 6.00. The van der Waals surface area contributed by atoms with Gasteiger partial charge in [0.1, 0.15) is 11.1 Å². The number of aliphatic imine (C=N–C) groups is 1. The molecule has 1 N–H and O–H groups in total. The second-order valence-electron chi connectivity index (χ2n) is 7.34. The van der Waals surface area contributed by atoms with Crippen molar-refractivity contribution in [2.75, 3.05) is 7.11 Å². The summed E-state index contributed by atoms with van der Waals surface area (Å²) < 4.78 is 11.6. The van der Waals surface area contributed by atoms with Crippen molar-refractivity contribution in [2.45, 2.75) is 32.8 Å². The molecule has 2 heterocycles. The van der Waals surface area contributed by atoms with E-state index < -0.39 is 5.91 Å². The Morgan fingerprint density at radius 2 is 1.97 bits per heavy atom. The minimum absolute atomic E-state index is 0.0237. The summed E-state index contributed by atoms with van der Waals surface area (Å²) in [5.74, 6) is 0.719. The van der Waals surface area contributed by atoms with Crippen LogP contribution in [-0.4, -0.2) is 34.1 Å². The number of nitrogens with one attached hydrogen (secondary N) is 1. The van der Waals surface area contributed by atoms with Crippen LogP contribution in [0.3, 0.4) is 0 Å². The molecule has 8 heteroatoms. The van der Waals surface area contributed by atoms with E-state index in [1.54, 1.807) is 25.3 Å². The van der Waals surface area contributed by atoms with Gasteiger partial charge in [-0.15, -0.1) is 0 Å². The van der Waals surface area contributed by atoms with Gasteiger partial charge >= 0.3 is 0 Å². The van der Waals surface area contributed by atoms with E-state index in [2.05, 4.69) is 17.0 Å². The number of ether oxygens (including phenoxy) is 2. The summed E-state index contributed by atoms with van der Waals surface area (Å²) >= 11 is 1.35. The number of amidine groups is 2. The first kappa shape index (κ1) is 21.8. The quantitative estimate of drug-likeness (QED) is 0.584. The van der Waals surface area contributed by atoms with E-state index in [-0.39, 0.29) is 17.5 Å². The lowest BCUT2D eigenvalue weighted by Gasteiger charge is -2.20. The van der Waals surface area contributed by atoms with Crippen LogP contribution < -0.4 is 9.47 Å². The molecule has 7 nitrogen and oxygen atoms in total. The molecule has 2 aliphatic heterocycles. The number of methoxy groups -OCH3 is 1. The van der Waals surface area contributed by atoms with Gasteiger partial charge in [-0.1, -0.05) is 43.3 Å². The lowest BCUT2D eigenvalue weighted by atomic mass is 10.1. The number of fused-ring (bicyclic) bond motifs is 1. The normalized spacial score (nSPS) is 17.7. The number of amides is 1. The third-order valence-electron chi connectivity index (χ3n) is 5.03. The number of thioether (sulfide) groups is 1. The summed E-state index contributed by atoms with van der Waals surface area (Å²) in [5.41, 5.74) is 1.95. The summed E-state index contributed by atoms with van der Waals surface area (Å²) in [6.07, 6.45) is 3.21. The number of carbonyl (C=O) groups excluding carboxylic acids is 1. The second-order valence-corrected chi connectivity index (χ2v) is 8.39. The number of hydrogen-bond acceptors (Lipinski definition) is 6. The van der Waals surface area contributed by atoms with Crippen LogP contribution in [0.5, 0.6) is 11.5 Å². The van der Waals surface area contributed by atoms with Gasteiger partial charge in [-0.05, 0) is 60.9 Å². The van der Waals surface area contributed by atoms with E-state index in [1.807, 2.05) is 43.3 Å². The molecule has 0 radical (unpaired) electrons. The van der Waals surface area contributed by atoms with Crippen LogP contribution in [0.25, 0.3) is 6.08 Å². The van der Waals surface area contributed by atoms with Crippen molar-refractivity contribution in [1.29, 1.82) is 5.41 Å². The van der Waals surface area contributed by atoms with Crippen molar-refractivity contribution in [3.05, 3.63) is 65.2 Å². The van der Waals surface area contributed by atoms with Gasteiger partial charge in [0.2, 0.25) is 5.17 Å². The monoisotopic (exact) mass is 448 g/mol. The second kappa shape index (κ2) is 9.40. The molecule has 1 amide bonds.